The molecule has 116 valence electrons. The van der Waals surface area contributed by atoms with Crippen molar-refractivity contribution >= 4 is 11.4 Å². The van der Waals surface area contributed by atoms with Crippen LogP contribution in [-0.4, -0.2) is 9.30 Å². The molecule has 0 aromatic heterocycles. The number of alkyl halides is 2. The smallest absolute Gasteiger partial charge is 0.264 e. The van der Waals surface area contributed by atoms with Crippen LogP contribution in [0, 0.1) is 11.3 Å². The van der Waals surface area contributed by atoms with Gasteiger partial charge in [0.1, 0.15) is 4.75 Å². The van der Waals surface area contributed by atoms with Crippen LogP contribution in [0.15, 0.2) is 18.2 Å². The average Bonchev–Trinajstić information content (AvgIpc) is 2.37. The lowest BCUT2D eigenvalue weighted by atomic mass is 9.95. The number of rotatable bonds is 5. The lowest BCUT2D eigenvalue weighted by Gasteiger charge is -2.27. The van der Waals surface area contributed by atoms with Gasteiger partial charge < -0.3 is 4.55 Å². The van der Waals surface area contributed by atoms with Gasteiger partial charge in [-0.1, -0.05) is 18.2 Å². The second-order valence-corrected chi connectivity index (χ2v) is 7.77. The molecular weight excluding hydrogens is 294 g/mol. The van der Waals surface area contributed by atoms with E-state index in [0.29, 0.717) is 11.1 Å². The van der Waals surface area contributed by atoms with Crippen LogP contribution in [0.4, 0.5) is 8.78 Å². The number of hydrogen-bond donors (Lipinski definition) is 1. The van der Waals surface area contributed by atoms with Crippen molar-refractivity contribution in [2.24, 2.45) is 0 Å². The predicted octanol–water partition coefficient (Wildman–Crippen LogP) is 3.80. The number of halogens is 2. The molecule has 3 nitrogen and oxygen atoms in total. The van der Waals surface area contributed by atoms with Crippen LogP contribution in [0.1, 0.15) is 56.9 Å². The molecule has 0 saturated heterocycles. The van der Waals surface area contributed by atoms with Crippen molar-refractivity contribution in [2.75, 3.05) is 0 Å². The fourth-order valence-corrected chi connectivity index (χ4v) is 2.72. The fraction of sp³-hybridized carbons (Fsp3) is 0.533. The van der Waals surface area contributed by atoms with E-state index in [9.17, 15) is 13.3 Å². The normalized spacial score (nSPS) is 14.8. The van der Waals surface area contributed by atoms with Crippen molar-refractivity contribution in [3.63, 3.8) is 0 Å². The van der Waals surface area contributed by atoms with Gasteiger partial charge in [-0.25, -0.2) is 8.78 Å². The molecule has 0 aliphatic heterocycles. The maximum absolute atomic E-state index is 13.1. The number of hydrogen-bond acceptors (Lipinski definition) is 3. The first kappa shape index (κ1) is 17.9. The Kier molecular flexibility index (Phi) is 6.14. The van der Waals surface area contributed by atoms with E-state index in [4.69, 9.17) is 5.26 Å². The van der Waals surface area contributed by atoms with Gasteiger partial charge in [0.25, 0.3) is 6.43 Å². The maximum atomic E-state index is 13.1. The van der Waals surface area contributed by atoms with Crippen molar-refractivity contribution in [3.05, 3.63) is 34.9 Å². The van der Waals surface area contributed by atoms with Gasteiger partial charge in [0.15, 0.2) is 0 Å². The Morgan fingerprint density at radius 3 is 2.38 bits per heavy atom. The number of nitrogens with zero attached hydrogens (tertiary/aromatic N) is 1. The van der Waals surface area contributed by atoms with Crippen LogP contribution in [0.2, 0.25) is 0 Å². The van der Waals surface area contributed by atoms with Crippen molar-refractivity contribution in [1.82, 2.24) is 4.72 Å². The molecule has 6 heteroatoms. The van der Waals surface area contributed by atoms with E-state index in [2.05, 4.69) is 4.72 Å². The van der Waals surface area contributed by atoms with Gasteiger partial charge >= 0.3 is 0 Å². The van der Waals surface area contributed by atoms with Crippen LogP contribution < -0.4 is 4.72 Å². The maximum Gasteiger partial charge on any atom is 0.264 e. The zero-order valence-corrected chi connectivity index (χ0v) is 13.4. The summed E-state index contributed by atoms with van der Waals surface area (Å²) in [5.41, 5.74) is 0.775. The van der Waals surface area contributed by atoms with Crippen LogP contribution in [0.3, 0.4) is 0 Å². The molecule has 0 heterocycles. The van der Waals surface area contributed by atoms with Crippen LogP contribution in [0.25, 0.3) is 0 Å². The van der Waals surface area contributed by atoms with Gasteiger partial charge in [0.2, 0.25) is 0 Å². The van der Waals surface area contributed by atoms with Gasteiger partial charge in [-0.2, -0.15) is 5.26 Å². The highest BCUT2D eigenvalue weighted by molar-refractivity contribution is 7.90. The van der Waals surface area contributed by atoms with E-state index in [1.807, 2.05) is 26.8 Å². The van der Waals surface area contributed by atoms with Crippen molar-refractivity contribution in [1.29, 1.82) is 5.26 Å². The lowest BCUT2D eigenvalue weighted by Crippen LogP contribution is -2.40. The highest BCUT2D eigenvalue weighted by atomic mass is 32.2. The molecule has 0 amide bonds. The van der Waals surface area contributed by atoms with Crippen molar-refractivity contribution in [3.8, 4) is 6.07 Å². The summed E-state index contributed by atoms with van der Waals surface area (Å²) < 4.78 is 40.7. The zero-order chi connectivity index (χ0) is 16.2. The first-order chi connectivity index (χ1) is 9.68. The molecule has 2 unspecified atom stereocenters. The van der Waals surface area contributed by atoms with E-state index in [-0.39, 0.29) is 18.0 Å². The second kappa shape index (κ2) is 7.21. The van der Waals surface area contributed by atoms with Crippen LogP contribution in [-0.2, 0) is 17.8 Å². The molecule has 0 aliphatic rings. The Bertz CT molecular complexity index is 523. The molecule has 0 aliphatic carbocycles. The third kappa shape index (κ3) is 4.67. The molecule has 0 saturated carbocycles. The van der Waals surface area contributed by atoms with E-state index in [0.717, 1.165) is 0 Å². The third-order valence-corrected chi connectivity index (χ3v) is 4.73. The Morgan fingerprint density at radius 1 is 1.33 bits per heavy atom. The zero-order valence-electron chi connectivity index (χ0n) is 12.6. The molecule has 1 rings (SSSR count). The standard InChI is InChI=1S/C15H20F2N2OS/c1-10(19-21(20)15(2,3)4)11-6-5-7-13(14(16)17)12(11)8-9-18/h5-7,10,14,19H,8H2,1-4H3. The van der Waals surface area contributed by atoms with Gasteiger partial charge in [0.05, 0.1) is 18.5 Å². The van der Waals surface area contributed by atoms with Crippen molar-refractivity contribution in [2.45, 2.75) is 51.3 Å². The minimum Gasteiger partial charge on any atom is -0.598 e. The molecule has 0 bridgehead atoms. The number of nitrogens with one attached hydrogen (secondary N) is 1. The Hall–Kier alpha value is -1.16. The molecule has 0 spiro atoms. The molecule has 1 N–H and O–H groups in total. The summed E-state index contributed by atoms with van der Waals surface area (Å²) >= 11 is -1.32. The largest absolute Gasteiger partial charge is 0.598 e. The first-order valence-corrected chi connectivity index (χ1v) is 7.78. The monoisotopic (exact) mass is 314 g/mol. The molecule has 1 aromatic carbocycles. The summed E-state index contributed by atoms with van der Waals surface area (Å²) in [6.07, 6.45) is -2.72. The number of nitriles is 1. The van der Waals surface area contributed by atoms with Gasteiger partial charge in [-0.3, -0.25) is 0 Å². The molecular formula is C15H20F2N2OS. The summed E-state index contributed by atoms with van der Waals surface area (Å²) in [5.74, 6) is 0. The molecule has 21 heavy (non-hydrogen) atoms. The molecule has 2 atom stereocenters. The van der Waals surface area contributed by atoms with Crippen LogP contribution >= 0.6 is 0 Å². The van der Waals surface area contributed by atoms with Crippen molar-refractivity contribution < 1.29 is 13.3 Å². The predicted molar refractivity (Wildman–Crippen MR) is 80.2 cm³/mol. The van der Waals surface area contributed by atoms with Gasteiger partial charge in [-0.15, -0.1) is 4.72 Å². The molecule has 0 fully saturated rings. The summed E-state index contributed by atoms with van der Waals surface area (Å²) in [4.78, 5) is 0. The van der Waals surface area contributed by atoms with Gasteiger partial charge in [-0.05, 0) is 38.8 Å². The summed E-state index contributed by atoms with van der Waals surface area (Å²) in [6.45, 7) is 7.24. The van der Waals surface area contributed by atoms with E-state index < -0.39 is 22.5 Å². The quantitative estimate of drug-likeness (QED) is 0.841. The number of benzene rings is 1. The second-order valence-electron chi connectivity index (χ2n) is 5.77. The summed E-state index contributed by atoms with van der Waals surface area (Å²) in [7, 11) is 0. The molecule has 0 radical (unpaired) electrons. The molecule has 1 aromatic rings. The van der Waals surface area contributed by atoms with E-state index in [1.54, 1.807) is 13.0 Å². The first-order valence-electron chi connectivity index (χ1n) is 6.63. The van der Waals surface area contributed by atoms with E-state index in [1.165, 1.54) is 12.1 Å². The van der Waals surface area contributed by atoms with E-state index >= 15 is 0 Å². The fourth-order valence-electron chi connectivity index (χ4n) is 1.92. The minimum absolute atomic E-state index is 0.0932. The summed E-state index contributed by atoms with van der Waals surface area (Å²) in [6, 6.07) is 6.09. The lowest BCUT2D eigenvalue weighted by molar-refractivity contribution is 0.150. The van der Waals surface area contributed by atoms with Crippen LogP contribution in [0.5, 0.6) is 0 Å². The SMILES string of the molecule is CC(N[S+]([O-])C(C)(C)C)c1cccc(C(F)F)c1CC#N. The topological polar surface area (TPSA) is 58.9 Å². The Balaban J connectivity index is 3.12. The average molecular weight is 314 g/mol. The minimum atomic E-state index is -2.63. The highest BCUT2D eigenvalue weighted by Gasteiger charge is 2.29. The summed E-state index contributed by atoms with van der Waals surface area (Å²) in [5, 5.41) is 8.87. The highest BCUT2D eigenvalue weighted by Crippen LogP contribution is 2.30. The Labute approximate surface area is 127 Å². The van der Waals surface area contributed by atoms with Gasteiger partial charge in [0, 0.05) is 16.9 Å². The Morgan fingerprint density at radius 2 is 1.90 bits per heavy atom. The third-order valence-electron chi connectivity index (χ3n) is 3.05.